The summed E-state index contributed by atoms with van der Waals surface area (Å²) in [7, 11) is 0. The summed E-state index contributed by atoms with van der Waals surface area (Å²) in [6, 6.07) is 0. The van der Waals surface area contributed by atoms with Crippen LogP contribution in [0.25, 0.3) is 0 Å². The molecule has 0 saturated carbocycles. The predicted molar refractivity (Wildman–Crippen MR) is 66.2 cm³/mol. The van der Waals surface area contributed by atoms with Crippen molar-refractivity contribution < 1.29 is 10.2 Å². The minimum absolute atomic E-state index is 0.314. The van der Waals surface area contributed by atoms with Gasteiger partial charge in [-0.05, 0) is 38.4 Å². The Morgan fingerprint density at radius 1 is 1.00 bits per heavy atom. The van der Waals surface area contributed by atoms with Gasteiger partial charge in [-0.25, -0.2) is 0 Å². The number of unbranched alkanes of at least 4 members (excludes halogenated alkanes) is 3. The van der Waals surface area contributed by atoms with Gasteiger partial charge in [0.15, 0.2) is 0 Å². The van der Waals surface area contributed by atoms with Gasteiger partial charge in [0, 0.05) is 6.61 Å². The summed E-state index contributed by atoms with van der Waals surface area (Å²) in [4.78, 5) is 0. The summed E-state index contributed by atoms with van der Waals surface area (Å²) in [5.41, 5.74) is 0. The molecule has 3 heteroatoms. The van der Waals surface area contributed by atoms with Crippen LogP contribution in [0, 0.1) is 0 Å². The maximum absolute atomic E-state index is 8.52. The molecule has 0 atom stereocenters. The predicted octanol–water partition coefficient (Wildman–Crippen LogP) is 2.62. The van der Waals surface area contributed by atoms with E-state index in [1.54, 1.807) is 6.08 Å². The van der Waals surface area contributed by atoms with Crippen molar-refractivity contribution >= 4 is 0 Å². The average molecular weight is 217 g/mol. The Morgan fingerprint density at radius 2 is 1.67 bits per heavy atom. The summed E-state index contributed by atoms with van der Waals surface area (Å²) in [6.07, 6.45) is 8.10. The molecule has 92 valence electrons. The third-order valence-corrected chi connectivity index (χ3v) is 1.85. The van der Waals surface area contributed by atoms with E-state index in [1.807, 2.05) is 13.8 Å². The van der Waals surface area contributed by atoms with Crippen molar-refractivity contribution in [2.75, 3.05) is 19.7 Å². The Morgan fingerprint density at radius 3 is 2.27 bits per heavy atom. The van der Waals surface area contributed by atoms with Crippen molar-refractivity contribution in [2.24, 2.45) is 0 Å². The highest BCUT2D eigenvalue weighted by Gasteiger charge is 1.88. The third-order valence-electron chi connectivity index (χ3n) is 1.85. The largest absolute Gasteiger partial charge is 0.516 e. The van der Waals surface area contributed by atoms with Gasteiger partial charge in [0.05, 0.1) is 6.26 Å². The molecule has 0 aromatic carbocycles. The van der Waals surface area contributed by atoms with Gasteiger partial charge in [0.25, 0.3) is 0 Å². The molecule has 0 radical (unpaired) electrons. The Labute approximate surface area is 94.2 Å². The fourth-order valence-electron chi connectivity index (χ4n) is 1.10. The normalized spacial score (nSPS) is 10.1. The maximum Gasteiger partial charge on any atom is 0.0752 e. The van der Waals surface area contributed by atoms with E-state index in [4.69, 9.17) is 10.2 Å². The highest BCUT2D eigenvalue weighted by molar-refractivity contribution is 4.72. The molecule has 0 saturated heterocycles. The number of aliphatic hydroxyl groups excluding tert-OH is 2. The van der Waals surface area contributed by atoms with E-state index in [-0.39, 0.29) is 0 Å². The molecule has 0 heterocycles. The zero-order valence-electron chi connectivity index (χ0n) is 10.2. The Balaban J connectivity index is 0. The molecule has 3 nitrogen and oxygen atoms in total. The number of rotatable bonds is 9. The number of hydrogen-bond donors (Lipinski definition) is 3. The van der Waals surface area contributed by atoms with E-state index >= 15 is 0 Å². The van der Waals surface area contributed by atoms with Crippen LogP contribution in [0.5, 0.6) is 0 Å². The van der Waals surface area contributed by atoms with Crippen molar-refractivity contribution in [3.05, 3.63) is 12.3 Å². The van der Waals surface area contributed by atoms with Crippen molar-refractivity contribution in [1.29, 1.82) is 0 Å². The second-order valence-electron chi connectivity index (χ2n) is 3.06. The maximum atomic E-state index is 8.52. The molecule has 0 amide bonds. The first-order valence-electron chi connectivity index (χ1n) is 6.02. The molecule has 0 aliphatic rings. The average Bonchev–Trinajstić information content (AvgIpc) is 2.30. The lowest BCUT2D eigenvalue weighted by molar-refractivity contribution is 0.282. The van der Waals surface area contributed by atoms with Crippen LogP contribution in [0.3, 0.4) is 0 Å². The first kappa shape index (κ1) is 16.9. The van der Waals surface area contributed by atoms with E-state index in [1.165, 1.54) is 12.8 Å². The number of hydrogen-bond acceptors (Lipinski definition) is 3. The van der Waals surface area contributed by atoms with E-state index in [0.717, 1.165) is 38.6 Å². The molecule has 0 bridgehead atoms. The Kier molecular flexibility index (Phi) is 21.5. The smallest absolute Gasteiger partial charge is 0.0752 e. The van der Waals surface area contributed by atoms with E-state index in [0.29, 0.717) is 6.61 Å². The quantitative estimate of drug-likeness (QED) is 0.411. The summed E-state index contributed by atoms with van der Waals surface area (Å²) >= 11 is 0. The molecular formula is C12H27NO2. The molecule has 0 aromatic heterocycles. The summed E-state index contributed by atoms with van der Waals surface area (Å²) in [5, 5.41) is 20.1. The molecule has 0 aliphatic carbocycles. The van der Waals surface area contributed by atoms with Gasteiger partial charge in [-0.15, -0.1) is 0 Å². The molecule has 0 unspecified atom stereocenters. The zero-order valence-corrected chi connectivity index (χ0v) is 10.2. The lowest BCUT2D eigenvalue weighted by Crippen LogP contribution is -2.15. The van der Waals surface area contributed by atoms with Gasteiger partial charge in [-0.3, -0.25) is 0 Å². The summed E-state index contributed by atoms with van der Waals surface area (Å²) in [5.74, 6) is 0. The molecule has 3 N–H and O–H groups in total. The SMILES string of the molecule is CC.O/C=C/CCNCCCCCCO. The number of aliphatic hydroxyl groups is 2. The fraction of sp³-hybridized carbons (Fsp3) is 0.833. The number of nitrogens with one attached hydrogen (secondary N) is 1. The van der Waals surface area contributed by atoms with Crippen LogP contribution in [0.2, 0.25) is 0 Å². The zero-order chi connectivity index (χ0) is 11.8. The third kappa shape index (κ3) is 19.8. The Hall–Kier alpha value is -0.540. The minimum Gasteiger partial charge on any atom is -0.516 e. The van der Waals surface area contributed by atoms with Crippen LogP contribution >= 0.6 is 0 Å². The van der Waals surface area contributed by atoms with Gasteiger partial charge < -0.3 is 15.5 Å². The highest BCUT2D eigenvalue weighted by Crippen LogP contribution is 1.97. The van der Waals surface area contributed by atoms with Gasteiger partial charge in [0.1, 0.15) is 0 Å². The molecule has 0 aromatic rings. The Bertz CT molecular complexity index is 116. The molecule has 0 spiro atoms. The lowest BCUT2D eigenvalue weighted by Gasteiger charge is -2.01. The van der Waals surface area contributed by atoms with Crippen LogP contribution < -0.4 is 5.32 Å². The molecule has 0 aliphatic heterocycles. The molecule has 0 fully saturated rings. The van der Waals surface area contributed by atoms with Crippen molar-refractivity contribution in [3.63, 3.8) is 0 Å². The van der Waals surface area contributed by atoms with E-state index in [2.05, 4.69) is 5.32 Å². The molecule has 0 rings (SSSR count). The van der Waals surface area contributed by atoms with Crippen LogP contribution in [0.1, 0.15) is 46.0 Å². The monoisotopic (exact) mass is 217 g/mol. The second kappa shape index (κ2) is 19.1. The fourth-order valence-corrected chi connectivity index (χ4v) is 1.10. The molecule has 15 heavy (non-hydrogen) atoms. The van der Waals surface area contributed by atoms with Crippen molar-refractivity contribution in [1.82, 2.24) is 5.32 Å². The summed E-state index contributed by atoms with van der Waals surface area (Å²) in [6.45, 7) is 6.27. The van der Waals surface area contributed by atoms with Crippen LogP contribution in [-0.4, -0.2) is 29.9 Å². The lowest BCUT2D eigenvalue weighted by atomic mass is 10.2. The highest BCUT2D eigenvalue weighted by atomic mass is 16.3. The van der Waals surface area contributed by atoms with Crippen LogP contribution in [0.4, 0.5) is 0 Å². The van der Waals surface area contributed by atoms with Crippen molar-refractivity contribution in [3.8, 4) is 0 Å². The first-order valence-corrected chi connectivity index (χ1v) is 6.02. The second-order valence-corrected chi connectivity index (χ2v) is 3.06. The first-order chi connectivity index (χ1) is 7.41. The summed E-state index contributed by atoms with van der Waals surface area (Å²) < 4.78 is 0. The minimum atomic E-state index is 0.314. The van der Waals surface area contributed by atoms with Gasteiger partial charge in [-0.2, -0.15) is 0 Å². The van der Waals surface area contributed by atoms with Crippen LogP contribution in [0.15, 0.2) is 12.3 Å². The van der Waals surface area contributed by atoms with Crippen molar-refractivity contribution in [2.45, 2.75) is 46.0 Å². The standard InChI is InChI=1S/C10H21NO2.C2H6/c12-9-5-2-1-3-7-11-8-4-6-10-13;1-2/h6,10-13H,1-5,7-9H2;1-2H3/b10-6+;. The van der Waals surface area contributed by atoms with Gasteiger partial charge in [0.2, 0.25) is 0 Å². The van der Waals surface area contributed by atoms with E-state index in [9.17, 15) is 0 Å². The molecular weight excluding hydrogens is 190 g/mol. The van der Waals surface area contributed by atoms with Crippen LogP contribution in [-0.2, 0) is 0 Å². The van der Waals surface area contributed by atoms with Gasteiger partial charge in [-0.1, -0.05) is 26.7 Å². The topological polar surface area (TPSA) is 52.5 Å². The van der Waals surface area contributed by atoms with Gasteiger partial charge >= 0.3 is 0 Å². The van der Waals surface area contributed by atoms with E-state index < -0.39 is 0 Å².